The van der Waals surface area contributed by atoms with E-state index in [0.29, 0.717) is 11.0 Å². The minimum absolute atomic E-state index is 0.613. The van der Waals surface area contributed by atoms with Crippen molar-refractivity contribution < 1.29 is 4.57 Å². The maximum Gasteiger partial charge on any atom is 0.173 e. The summed E-state index contributed by atoms with van der Waals surface area (Å²) in [6.07, 6.45) is 0. The maximum absolute atomic E-state index is 14.5. The summed E-state index contributed by atoms with van der Waals surface area (Å²) in [5, 5.41) is 11.0. The smallest absolute Gasteiger partial charge is 0.173 e. The third-order valence-electron chi connectivity index (χ3n) is 4.49. The van der Waals surface area contributed by atoms with Gasteiger partial charge in [-0.3, -0.25) is 0 Å². The van der Waals surface area contributed by atoms with E-state index in [9.17, 15) is 4.57 Å². The van der Waals surface area contributed by atoms with Crippen molar-refractivity contribution >= 4 is 34.4 Å². The Hall–Kier alpha value is -3.29. The molecule has 4 aromatic rings. The highest BCUT2D eigenvalue weighted by Crippen LogP contribution is 2.45. The Bertz CT molecular complexity index is 1080. The molecule has 0 N–H and O–H groups in total. The summed E-state index contributed by atoms with van der Waals surface area (Å²) in [5.41, 5.74) is 1.37. The van der Waals surface area contributed by atoms with E-state index in [2.05, 4.69) is 10.2 Å². The third kappa shape index (κ3) is 3.58. The van der Waals surface area contributed by atoms with Gasteiger partial charge in [-0.2, -0.15) is 5.11 Å². The zero-order valence-corrected chi connectivity index (χ0v) is 16.1. The van der Waals surface area contributed by atoms with Crippen molar-refractivity contribution in [2.24, 2.45) is 10.2 Å². The molecule has 0 aliphatic rings. The van der Waals surface area contributed by atoms with Gasteiger partial charge in [0.25, 0.3) is 0 Å². The molecule has 3 nitrogen and oxygen atoms in total. The van der Waals surface area contributed by atoms with Crippen LogP contribution in [0.5, 0.6) is 0 Å². The predicted molar refractivity (Wildman–Crippen MR) is 116 cm³/mol. The van der Waals surface area contributed by atoms with Gasteiger partial charge in [-0.05, 0) is 24.3 Å². The first-order valence-corrected chi connectivity index (χ1v) is 10.8. The zero-order chi connectivity index (χ0) is 19.2. The van der Waals surface area contributed by atoms with E-state index < -0.39 is 7.14 Å². The van der Waals surface area contributed by atoms with Crippen molar-refractivity contribution in [1.82, 2.24) is 0 Å². The van der Waals surface area contributed by atoms with Crippen LogP contribution in [0.2, 0.25) is 0 Å². The molecule has 4 rings (SSSR count). The Morgan fingerprint density at radius 3 is 1.54 bits per heavy atom. The lowest BCUT2D eigenvalue weighted by Crippen LogP contribution is -2.25. The molecule has 0 aliphatic heterocycles. The Kier molecular flexibility index (Phi) is 5.27. The maximum atomic E-state index is 14.5. The zero-order valence-electron chi connectivity index (χ0n) is 15.2. The fraction of sp³-hybridized carbons (Fsp3) is 0. The first-order valence-electron chi connectivity index (χ1n) is 9.06. The van der Waals surface area contributed by atoms with Crippen molar-refractivity contribution in [3.05, 3.63) is 115 Å². The molecule has 0 heterocycles. The van der Waals surface area contributed by atoms with Crippen molar-refractivity contribution in [2.45, 2.75) is 0 Å². The average Bonchev–Trinajstić information content (AvgIpc) is 2.79. The molecule has 0 radical (unpaired) electrons. The van der Waals surface area contributed by atoms with Gasteiger partial charge in [0.2, 0.25) is 0 Å². The molecule has 0 aromatic heterocycles. The molecular formula is C24H19N2OP. The Balaban J connectivity index is 1.89. The monoisotopic (exact) mass is 382 g/mol. The minimum atomic E-state index is -3.09. The second-order valence-corrected chi connectivity index (χ2v) is 9.04. The molecule has 4 heteroatoms. The standard InChI is InChI=1S/C24H19N2OP/c27-28(21-14-6-2-7-15-21,22-16-8-3-9-17-22)24-19-11-10-18-23(24)26-25-20-12-4-1-5-13-20/h1-19H. The summed E-state index contributed by atoms with van der Waals surface area (Å²) in [6, 6.07) is 36.3. The number of nitrogens with zero attached hydrogens (tertiary/aromatic N) is 2. The number of rotatable bonds is 5. The summed E-state index contributed by atoms with van der Waals surface area (Å²) in [7, 11) is -3.09. The van der Waals surface area contributed by atoms with E-state index in [1.807, 2.05) is 115 Å². The van der Waals surface area contributed by atoms with Gasteiger partial charge in [0, 0.05) is 15.9 Å². The van der Waals surface area contributed by atoms with Crippen molar-refractivity contribution in [3.8, 4) is 0 Å². The molecule has 0 atom stereocenters. The quantitative estimate of drug-likeness (QED) is 0.320. The van der Waals surface area contributed by atoms with Crippen LogP contribution in [0, 0.1) is 0 Å². The number of benzene rings is 4. The third-order valence-corrected chi connectivity index (χ3v) is 7.60. The lowest BCUT2D eigenvalue weighted by molar-refractivity contribution is 0.592. The van der Waals surface area contributed by atoms with Crippen LogP contribution >= 0.6 is 7.14 Å². The van der Waals surface area contributed by atoms with Gasteiger partial charge < -0.3 is 4.57 Å². The van der Waals surface area contributed by atoms with Gasteiger partial charge in [-0.15, -0.1) is 5.11 Å². The molecule has 0 amide bonds. The van der Waals surface area contributed by atoms with E-state index in [0.717, 1.165) is 16.3 Å². The van der Waals surface area contributed by atoms with Gasteiger partial charge in [-0.25, -0.2) is 0 Å². The summed E-state index contributed by atoms with van der Waals surface area (Å²) >= 11 is 0. The molecule has 0 bridgehead atoms. The van der Waals surface area contributed by atoms with E-state index >= 15 is 0 Å². The Morgan fingerprint density at radius 2 is 0.964 bits per heavy atom. The summed E-state index contributed by atoms with van der Waals surface area (Å²) in [6.45, 7) is 0. The molecule has 28 heavy (non-hydrogen) atoms. The fourth-order valence-corrected chi connectivity index (χ4v) is 5.90. The molecule has 0 saturated heterocycles. The predicted octanol–water partition coefficient (Wildman–Crippen LogP) is 5.74. The normalized spacial score (nSPS) is 11.6. The molecule has 136 valence electrons. The number of hydrogen-bond acceptors (Lipinski definition) is 3. The van der Waals surface area contributed by atoms with E-state index in [4.69, 9.17) is 0 Å². The van der Waals surface area contributed by atoms with Gasteiger partial charge in [-0.1, -0.05) is 91.0 Å². The first kappa shape index (κ1) is 18.1. The molecule has 0 saturated carbocycles. The van der Waals surface area contributed by atoms with Crippen LogP contribution in [-0.4, -0.2) is 0 Å². The lowest BCUT2D eigenvalue weighted by atomic mass is 10.3. The van der Waals surface area contributed by atoms with E-state index in [1.165, 1.54) is 0 Å². The van der Waals surface area contributed by atoms with Crippen LogP contribution in [0.15, 0.2) is 125 Å². The fourth-order valence-electron chi connectivity index (χ4n) is 3.12. The second-order valence-electron chi connectivity index (χ2n) is 6.30. The van der Waals surface area contributed by atoms with Crippen LogP contribution in [-0.2, 0) is 4.57 Å². The molecule has 0 fully saturated rings. The average molecular weight is 382 g/mol. The number of azo groups is 1. The van der Waals surface area contributed by atoms with Crippen molar-refractivity contribution in [3.63, 3.8) is 0 Å². The highest BCUT2D eigenvalue weighted by Gasteiger charge is 2.31. The van der Waals surface area contributed by atoms with Gasteiger partial charge >= 0.3 is 0 Å². The number of hydrogen-bond donors (Lipinski definition) is 0. The Morgan fingerprint density at radius 1 is 0.500 bits per heavy atom. The van der Waals surface area contributed by atoms with Crippen LogP contribution < -0.4 is 15.9 Å². The van der Waals surface area contributed by atoms with Gasteiger partial charge in [0.15, 0.2) is 7.14 Å². The SMILES string of the molecule is O=P(c1ccccc1)(c1ccccc1)c1ccccc1N=Nc1ccccc1. The lowest BCUT2D eigenvalue weighted by Gasteiger charge is -2.21. The second kappa shape index (κ2) is 8.16. The molecule has 0 aliphatic carbocycles. The van der Waals surface area contributed by atoms with E-state index in [1.54, 1.807) is 0 Å². The largest absolute Gasteiger partial charge is 0.309 e. The highest BCUT2D eigenvalue weighted by molar-refractivity contribution is 7.85. The van der Waals surface area contributed by atoms with Crippen LogP contribution in [0.25, 0.3) is 0 Å². The summed E-state index contributed by atoms with van der Waals surface area (Å²) < 4.78 is 14.5. The van der Waals surface area contributed by atoms with Crippen molar-refractivity contribution in [2.75, 3.05) is 0 Å². The van der Waals surface area contributed by atoms with Crippen LogP contribution in [0.3, 0.4) is 0 Å². The van der Waals surface area contributed by atoms with Crippen LogP contribution in [0.4, 0.5) is 11.4 Å². The molecular weight excluding hydrogens is 363 g/mol. The molecule has 4 aromatic carbocycles. The Labute approximate surface area is 164 Å². The first-order chi connectivity index (χ1) is 13.8. The van der Waals surface area contributed by atoms with Crippen LogP contribution in [0.1, 0.15) is 0 Å². The van der Waals surface area contributed by atoms with E-state index in [-0.39, 0.29) is 0 Å². The molecule has 0 spiro atoms. The molecule has 0 unspecified atom stereocenters. The summed E-state index contributed by atoms with van der Waals surface area (Å²) in [5.74, 6) is 0. The van der Waals surface area contributed by atoms with Gasteiger partial charge in [0.1, 0.15) is 0 Å². The highest BCUT2D eigenvalue weighted by atomic mass is 31.2. The van der Waals surface area contributed by atoms with Gasteiger partial charge in [0.05, 0.1) is 11.4 Å². The topological polar surface area (TPSA) is 41.8 Å². The van der Waals surface area contributed by atoms with Crippen molar-refractivity contribution in [1.29, 1.82) is 0 Å². The summed E-state index contributed by atoms with van der Waals surface area (Å²) in [4.78, 5) is 0. The minimum Gasteiger partial charge on any atom is -0.309 e.